The lowest BCUT2D eigenvalue weighted by Gasteiger charge is -2.19. The number of ether oxygens (including phenoxy) is 1. The molecule has 0 aliphatic rings. The highest BCUT2D eigenvalue weighted by Crippen LogP contribution is 2.16. The molecule has 0 amide bonds. The van der Waals surface area contributed by atoms with Crippen molar-refractivity contribution in [2.24, 2.45) is 5.41 Å². The summed E-state index contributed by atoms with van der Waals surface area (Å²) in [5, 5.41) is 0. The SMILES string of the molecule is CCC(C=O)OC(=O)C(C)(C)C. The highest BCUT2D eigenvalue weighted by Gasteiger charge is 2.25. The van der Waals surface area contributed by atoms with Crippen molar-refractivity contribution < 1.29 is 14.3 Å². The standard InChI is InChI=1S/C9H16O3/c1-5-7(6-10)12-8(11)9(2,3)4/h6-7H,5H2,1-4H3. The molecule has 0 heterocycles. The van der Waals surface area contributed by atoms with Crippen LogP contribution in [0.5, 0.6) is 0 Å². The zero-order chi connectivity index (χ0) is 9.78. The molecule has 0 radical (unpaired) electrons. The second-order valence-electron chi connectivity index (χ2n) is 3.74. The summed E-state index contributed by atoms with van der Waals surface area (Å²) >= 11 is 0. The molecule has 0 aliphatic carbocycles. The molecule has 1 atom stereocenters. The lowest BCUT2D eigenvalue weighted by molar-refractivity contribution is -0.160. The van der Waals surface area contributed by atoms with Crippen molar-refractivity contribution in [1.29, 1.82) is 0 Å². The van der Waals surface area contributed by atoms with Crippen molar-refractivity contribution in [2.75, 3.05) is 0 Å². The van der Waals surface area contributed by atoms with Crippen molar-refractivity contribution in [2.45, 2.75) is 40.2 Å². The van der Waals surface area contributed by atoms with Crippen molar-refractivity contribution in [3.05, 3.63) is 0 Å². The van der Waals surface area contributed by atoms with Gasteiger partial charge in [0, 0.05) is 0 Å². The minimum Gasteiger partial charge on any atom is -0.454 e. The highest BCUT2D eigenvalue weighted by molar-refractivity contribution is 5.77. The van der Waals surface area contributed by atoms with Gasteiger partial charge in [-0.1, -0.05) is 6.92 Å². The Kier molecular flexibility index (Phi) is 3.93. The average Bonchev–Trinajstić information content (AvgIpc) is 1.97. The van der Waals surface area contributed by atoms with Crippen molar-refractivity contribution >= 4 is 12.3 Å². The van der Waals surface area contributed by atoms with Crippen LogP contribution in [-0.2, 0) is 14.3 Å². The monoisotopic (exact) mass is 172 g/mol. The van der Waals surface area contributed by atoms with Gasteiger partial charge in [0.2, 0.25) is 0 Å². The molecular formula is C9H16O3. The number of hydrogen-bond donors (Lipinski definition) is 0. The normalized spacial score (nSPS) is 13.7. The van der Waals surface area contributed by atoms with E-state index in [-0.39, 0.29) is 5.97 Å². The van der Waals surface area contributed by atoms with E-state index >= 15 is 0 Å². The summed E-state index contributed by atoms with van der Waals surface area (Å²) in [4.78, 5) is 21.5. The fraction of sp³-hybridized carbons (Fsp3) is 0.778. The second kappa shape index (κ2) is 4.24. The molecule has 70 valence electrons. The predicted octanol–water partition coefficient (Wildman–Crippen LogP) is 1.55. The summed E-state index contributed by atoms with van der Waals surface area (Å²) in [7, 11) is 0. The second-order valence-corrected chi connectivity index (χ2v) is 3.74. The zero-order valence-electron chi connectivity index (χ0n) is 8.09. The maximum atomic E-state index is 11.2. The van der Waals surface area contributed by atoms with Crippen LogP contribution in [0.3, 0.4) is 0 Å². The van der Waals surface area contributed by atoms with Crippen LogP contribution in [0, 0.1) is 5.41 Å². The van der Waals surface area contributed by atoms with Crippen LogP contribution in [0.2, 0.25) is 0 Å². The van der Waals surface area contributed by atoms with Crippen LogP contribution in [0.25, 0.3) is 0 Å². The number of aldehydes is 1. The lowest BCUT2D eigenvalue weighted by atomic mass is 9.97. The molecule has 0 rings (SSSR count). The van der Waals surface area contributed by atoms with E-state index in [4.69, 9.17) is 4.74 Å². The first kappa shape index (κ1) is 11.1. The number of esters is 1. The third-order valence-electron chi connectivity index (χ3n) is 1.42. The molecule has 0 saturated heterocycles. The summed E-state index contributed by atoms with van der Waals surface area (Å²) in [6.45, 7) is 7.07. The van der Waals surface area contributed by atoms with Crippen LogP contribution in [0.1, 0.15) is 34.1 Å². The maximum absolute atomic E-state index is 11.2. The van der Waals surface area contributed by atoms with Gasteiger partial charge in [-0.15, -0.1) is 0 Å². The lowest BCUT2D eigenvalue weighted by Crippen LogP contribution is -2.28. The van der Waals surface area contributed by atoms with E-state index < -0.39 is 11.5 Å². The quantitative estimate of drug-likeness (QED) is 0.479. The average molecular weight is 172 g/mol. The van der Waals surface area contributed by atoms with Crippen LogP contribution < -0.4 is 0 Å². The summed E-state index contributed by atoms with van der Waals surface area (Å²) in [5.74, 6) is -0.332. The molecule has 0 aromatic heterocycles. The summed E-state index contributed by atoms with van der Waals surface area (Å²) in [6, 6.07) is 0. The first-order chi connectivity index (χ1) is 5.41. The van der Waals surface area contributed by atoms with Gasteiger partial charge in [-0.25, -0.2) is 0 Å². The van der Waals surface area contributed by atoms with Gasteiger partial charge in [-0.2, -0.15) is 0 Å². The molecule has 1 unspecified atom stereocenters. The molecule has 0 aliphatic heterocycles. The molecule has 3 nitrogen and oxygen atoms in total. The summed E-state index contributed by atoms with van der Waals surface area (Å²) in [6.07, 6.45) is 0.603. The molecule has 0 fully saturated rings. The largest absolute Gasteiger partial charge is 0.454 e. The fourth-order valence-corrected chi connectivity index (χ4v) is 0.522. The van der Waals surface area contributed by atoms with Gasteiger partial charge in [-0.05, 0) is 27.2 Å². The van der Waals surface area contributed by atoms with Gasteiger partial charge in [0.1, 0.15) is 0 Å². The van der Waals surface area contributed by atoms with Crippen LogP contribution in [0.4, 0.5) is 0 Å². The Morgan fingerprint density at radius 1 is 1.50 bits per heavy atom. The van der Waals surface area contributed by atoms with Crippen molar-refractivity contribution in [3.63, 3.8) is 0 Å². The van der Waals surface area contributed by atoms with Gasteiger partial charge >= 0.3 is 5.97 Å². The minimum absolute atomic E-state index is 0.332. The Hall–Kier alpha value is -0.860. The van der Waals surface area contributed by atoms with Gasteiger partial charge in [-0.3, -0.25) is 9.59 Å². The molecule has 0 saturated carbocycles. The van der Waals surface area contributed by atoms with Gasteiger partial charge in [0.05, 0.1) is 5.41 Å². The van der Waals surface area contributed by atoms with Crippen LogP contribution in [-0.4, -0.2) is 18.4 Å². The summed E-state index contributed by atoms with van der Waals surface area (Å²) < 4.78 is 4.91. The van der Waals surface area contributed by atoms with E-state index in [0.717, 1.165) is 0 Å². The highest BCUT2D eigenvalue weighted by atomic mass is 16.5. The Morgan fingerprint density at radius 3 is 2.25 bits per heavy atom. The Morgan fingerprint density at radius 2 is 2.00 bits per heavy atom. The number of carbonyl (C=O) groups excluding carboxylic acids is 2. The number of rotatable bonds is 3. The smallest absolute Gasteiger partial charge is 0.311 e. The molecule has 0 N–H and O–H groups in total. The summed E-state index contributed by atoms with van der Waals surface area (Å²) in [5.41, 5.74) is -0.531. The van der Waals surface area contributed by atoms with Crippen LogP contribution in [0.15, 0.2) is 0 Å². The third-order valence-corrected chi connectivity index (χ3v) is 1.42. The molecule has 3 heteroatoms. The molecular weight excluding hydrogens is 156 g/mol. The van der Waals surface area contributed by atoms with E-state index in [1.165, 1.54) is 0 Å². The van der Waals surface area contributed by atoms with E-state index in [2.05, 4.69) is 0 Å². The molecule has 12 heavy (non-hydrogen) atoms. The van der Waals surface area contributed by atoms with Gasteiger partial charge in [0.15, 0.2) is 12.4 Å². The molecule has 0 aromatic rings. The van der Waals surface area contributed by atoms with Crippen molar-refractivity contribution in [1.82, 2.24) is 0 Å². The maximum Gasteiger partial charge on any atom is 0.311 e. The van der Waals surface area contributed by atoms with Crippen molar-refractivity contribution in [3.8, 4) is 0 Å². The van der Waals surface area contributed by atoms with E-state index in [0.29, 0.717) is 12.7 Å². The zero-order valence-corrected chi connectivity index (χ0v) is 8.09. The first-order valence-corrected chi connectivity index (χ1v) is 4.08. The predicted molar refractivity (Wildman–Crippen MR) is 45.7 cm³/mol. The third kappa shape index (κ3) is 3.51. The first-order valence-electron chi connectivity index (χ1n) is 4.08. The molecule has 0 aromatic carbocycles. The Bertz CT molecular complexity index is 167. The Balaban J connectivity index is 4.08. The van der Waals surface area contributed by atoms with E-state index in [1.807, 2.05) is 0 Å². The number of hydrogen-bond acceptors (Lipinski definition) is 3. The minimum atomic E-state index is -0.586. The topological polar surface area (TPSA) is 43.4 Å². The van der Waals surface area contributed by atoms with E-state index in [9.17, 15) is 9.59 Å². The number of carbonyl (C=O) groups is 2. The Labute approximate surface area is 73.1 Å². The van der Waals surface area contributed by atoms with E-state index in [1.54, 1.807) is 27.7 Å². The molecule has 0 bridgehead atoms. The molecule has 0 spiro atoms. The fourth-order valence-electron chi connectivity index (χ4n) is 0.522. The van der Waals surface area contributed by atoms with Gasteiger partial charge in [0.25, 0.3) is 0 Å². The van der Waals surface area contributed by atoms with Gasteiger partial charge < -0.3 is 4.74 Å². The van der Waals surface area contributed by atoms with Crippen LogP contribution >= 0.6 is 0 Å².